The van der Waals surface area contributed by atoms with Crippen molar-refractivity contribution in [2.24, 2.45) is 0 Å². The van der Waals surface area contributed by atoms with Crippen molar-refractivity contribution in [3.8, 4) is 0 Å². The summed E-state index contributed by atoms with van der Waals surface area (Å²) in [5.74, 6) is 0.697. The highest BCUT2D eigenvalue weighted by Gasteiger charge is 2.15. The van der Waals surface area contributed by atoms with E-state index in [4.69, 9.17) is 5.11 Å². The summed E-state index contributed by atoms with van der Waals surface area (Å²) in [7, 11) is 0. The molecule has 2 aromatic heterocycles. The molecule has 6 heteroatoms. The number of fused-ring (bicyclic) bond motifs is 3. The number of imidazole rings is 1. The largest absolute Gasteiger partial charge is 0.464 e. The monoisotopic (exact) mass is 270 g/mol. The molecule has 0 aliphatic heterocycles. The van der Waals surface area contributed by atoms with Gasteiger partial charge in [0.2, 0.25) is 0 Å². The van der Waals surface area contributed by atoms with E-state index in [0.717, 1.165) is 22.8 Å². The Morgan fingerprint density at radius 2 is 2.15 bits per heavy atom. The second kappa shape index (κ2) is 4.80. The first-order chi connectivity index (χ1) is 9.70. The highest BCUT2D eigenvalue weighted by molar-refractivity contribution is 6.02. The molecule has 0 atom stereocenters. The smallest absolute Gasteiger partial charge is 0.424 e. The maximum atomic E-state index is 11.0. The summed E-state index contributed by atoms with van der Waals surface area (Å²) in [6, 6.07) is 7.62. The van der Waals surface area contributed by atoms with Crippen molar-refractivity contribution >= 4 is 28.0 Å². The van der Waals surface area contributed by atoms with Crippen LogP contribution < -0.4 is 5.43 Å². The predicted molar refractivity (Wildman–Crippen MR) is 76.4 cm³/mol. The molecule has 0 aliphatic rings. The van der Waals surface area contributed by atoms with Crippen molar-refractivity contribution in [3.05, 3.63) is 36.3 Å². The summed E-state index contributed by atoms with van der Waals surface area (Å²) in [4.78, 5) is 19.9. The number of hydrogen-bond donors (Lipinski definition) is 2. The van der Waals surface area contributed by atoms with E-state index in [1.807, 2.05) is 31.2 Å². The van der Waals surface area contributed by atoms with Crippen molar-refractivity contribution in [2.75, 3.05) is 5.43 Å². The Hall–Kier alpha value is -2.63. The van der Waals surface area contributed by atoms with Crippen LogP contribution in [0.25, 0.3) is 21.9 Å². The SMILES string of the molecule is CCCc1nc2cnc3ccccc3c2n1NC(=O)O. The van der Waals surface area contributed by atoms with E-state index in [1.54, 1.807) is 10.9 Å². The molecular formula is C14H14N4O2. The molecule has 6 nitrogen and oxygen atoms in total. The number of rotatable bonds is 3. The Kier molecular flexibility index (Phi) is 2.98. The molecule has 102 valence electrons. The van der Waals surface area contributed by atoms with E-state index in [0.29, 0.717) is 17.8 Å². The van der Waals surface area contributed by atoms with E-state index >= 15 is 0 Å². The van der Waals surface area contributed by atoms with Gasteiger partial charge in [0.1, 0.15) is 16.9 Å². The summed E-state index contributed by atoms with van der Waals surface area (Å²) < 4.78 is 1.55. The molecule has 0 bridgehead atoms. The zero-order chi connectivity index (χ0) is 14.1. The molecule has 20 heavy (non-hydrogen) atoms. The number of para-hydroxylation sites is 1. The lowest BCUT2D eigenvalue weighted by atomic mass is 10.2. The average Bonchev–Trinajstić information content (AvgIpc) is 2.77. The van der Waals surface area contributed by atoms with Gasteiger partial charge in [-0.2, -0.15) is 0 Å². The second-order valence-electron chi connectivity index (χ2n) is 4.54. The van der Waals surface area contributed by atoms with Crippen molar-refractivity contribution in [1.82, 2.24) is 14.6 Å². The van der Waals surface area contributed by atoms with Crippen LogP contribution in [0.2, 0.25) is 0 Å². The molecule has 0 fully saturated rings. The van der Waals surface area contributed by atoms with Gasteiger partial charge in [-0.05, 0) is 12.5 Å². The molecule has 3 rings (SSSR count). The Labute approximate surface area is 115 Å². The van der Waals surface area contributed by atoms with Crippen molar-refractivity contribution in [3.63, 3.8) is 0 Å². The number of aromatic nitrogens is 3. The fourth-order valence-electron chi connectivity index (χ4n) is 2.36. The molecule has 0 saturated heterocycles. The standard InChI is InChI=1S/C14H14N4O2/c1-2-5-12-16-11-8-15-10-7-4-3-6-9(10)13(11)18(12)17-14(19)20/h3-4,6-8,17H,2,5H2,1H3,(H,19,20). The summed E-state index contributed by atoms with van der Waals surface area (Å²) in [5.41, 5.74) is 4.68. The lowest BCUT2D eigenvalue weighted by Crippen LogP contribution is -2.22. The molecule has 0 unspecified atom stereocenters. The number of hydrogen-bond acceptors (Lipinski definition) is 3. The molecule has 2 N–H and O–H groups in total. The third-order valence-electron chi connectivity index (χ3n) is 3.14. The van der Waals surface area contributed by atoms with Gasteiger partial charge >= 0.3 is 6.09 Å². The molecule has 0 radical (unpaired) electrons. The molecule has 0 aliphatic carbocycles. The Morgan fingerprint density at radius 3 is 2.90 bits per heavy atom. The van der Waals surface area contributed by atoms with Crippen LogP contribution in [0, 0.1) is 0 Å². The van der Waals surface area contributed by atoms with E-state index < -0.39 is 6.09 Å². The first-order valence-electron chi connectivity index (χ1n) is 6.45. The van der Waals surface area contributed by atoms with Gasteiger partial charge in [0.15, 0.2) is 0 Å². The molecule has 0 spiro atoms. The van der Waals surface area contributed by atoms with Crippen LogP contribution >= 0.6 is 0 Å². The fourth-order valence-corrected chi connectivity index (χ4v) is 2.36. The van der Waals surface area contributed by atoms with Crippen LogP contribution in [0.4, 0.5) is 4.79 Å². The number of nitrogens with one attached hydrogen (secondary N) is 1. The summed E-state index contributed by atoms with van der Waals surface area (Å²) in [6.45, 7) is 2.03. The molecule has 0 saturated carbocycles. The minimum Gasteiger partial charge on any atom is -0.464 e. The van der Waals surface area contributed by atoms with Crippen molar-refractivity contribution in [2.45, 2.75) is 19.8 Å². The normalized spacial score (nSPS) is 11.1. The first kappa shape index (κ1) is 12.4. The first-order valence-corrected chi connectivity index (χ1v) is 6.45. The number of carboxylic acid groups (broad SMARTS) is 1. The molecule has 3 aromatic rings. The van der Waals surface area contributed by atoms with E-state index in [2.05, 4.69) is 15.4 Å². The zero-order valence-corrected chi connectivity index (χ0v) is 11.0. The molecular weight excluding hydrogens is 256 g/mol. The number of pyridine rings is 1. The molecule has 1 aromatic carbocycles. The van der Waals surface area contributed by atoms with Gasteiger partial charge < -0.3 is 5.11 Å². The van der Waals surface area contributed by atoms with Gasteiger partial charge in [0, 0.05) is 11.8 Å². The Bertz CT molecular complexity index is 794. The van der Waals surface area contributed by atoms with Crippen LogP contribution in [0.1, 0.15) is 19.2 Å². The molecule has 2 heterocycles. The zero-order valence-electron chi connectivity index (χ0n) is 11.0. The number of benzene rings is 1. The maximum Gasteiger partial charge on any atom is 0.424 e. The number of carbonyl (C=O) groups is 1. The van der Waals surface area contributed by atoms with Gasteiger partial charge in [-0.15, -0.1) is 0 Å². The Morgan fingerprint density at radius 1 is 1.35 bits per heavy atom. The number of nitrogens with zero attached hydrogens (tertiary/aromatic N) is 3. The third-order valence-corrected chi connectivity index (χ3v) is 3.14. The molecule has 1 amide bonds. The van der Waals surface area contributed by atoms with Gasteiger partial charge in [-0.25, -0.2) is 19.9 Å². The van der Waals surface area contributed by atoms with Crippen molar-refractivity contribution < 1.29 is 9.90 Å². The maximum absolute atomic E-state index is 11.0. The number of amides is 1. The minimum atomic E-state index is -1.11. The van der Waals surface area contributed by atoms with Crippen LogP contribution in [-0.2, 0) is 6.42 Å². The van der Waals surface area contributed by atoms with Gasteiger partial charge in [0.05, 0.1) is 11.7 Å². The average molecular weight is 270 g/mol. The predicted octanol–water partition coefficient (Wildman–Crippen LogP) is 2.76. The lowest BCUT2D eigenvalue weighted by Gasteiger charge is -2.08. The van der Waals surface area contributed by atoms with E-state index in [1.165, 1.54) is 0 Å². The van der Waals surface area contributed by atoms with E-state index in [9.17, 15) is 4.79 Å². The second-order valence-corrected chi connectivity index (χ2v) is 4.54. The quantitative estimate of drug-likeness (QED) is 0.767. The van der Waals surface area contributed by atoms with E-state index in [-0.39, 0.29) is 0 Å². The summed E-state index contributed by atoms with van der Waals surface area (Å²) >= 11 is 0. The summed E-state index contributed by atoms with van der Waals surface area (Å²) in [6.07, 6.45) is 2.15. The van der Waals surface area contributed by atoms with Crippen LogP contribution in [0.3, 0.4) is 0 Å². The lowest BCUT2D eigenvalue weighted by molar-refractivity contribution is 0.206. The van der Waals surface area contributed by atoms with Gasteiger partial charge in [-0.3, -0.25) is 4.98 Å². The van der Waals surface area contributed by atoms with Crippen LogP contribution in [-0.4, -0.2) is 25.8 Å². The van der Waals surface area contributed by atoms with Gasteiger partial charge in [-0.1, -0.05) is 25.1 Å². The van der Waals surface area contributed by atoms with Crippen LogP contribution in [0.5, 0.6) is 0 Å². The highest BCUT2D eigenvalue weighted by atomic mass is 16.4. The Balaban J connectivity index is 2.36. The third kappa shape index (κ3) is 1.95. The topological polar surface area (TPSA) is 80.0 Å². The highest BCUT2D eigenvalue weighted by Crippen LogP contribution is 2.24. The summed E-state index contributed by atoms with van der Waals surface area (Å²) in [5, 5.41) is 9.92. The minimum absolute atomic E-state index is 0.695. The van der Waals surface area contributed by atoms with Crippen molar-refractivity contribution in [1.29, 1.82) is 0 Å². The van der Waals surface area contributed by atoms with Crippen LogP contribution in [0.15, 0.2) is 30.5 Å². The van der Waals surface area contributed by atoms with Gasteiger partial charge in [0.25, 0.3) is 0 Å². The number of aryl methyl sites for hydroxylation is 1. The fraction of sp³-hybridized carbons (Fsp3) is 0.214.